The fourth-order valence-electron chi connectivity index (χ4n) is 2.96. The molecule has 1 aliphatic heterocycles. The summed E-state index contributed by atoms with van der Waals surface area (Å²) in [5, 5.41) is 14.5. The fraction of sp³-hybridized carbons (Fsp3) is 0.421. The molecule has 0 unspecified atom stereocenters. The Balaban J connectivity index is 1.66. The van der Waals surface area contributed by atoms with Crippen LogP contribution in [-0.4, -0.2) is 39.5 Å². The molecule has 1 atom stereocenters. The Morgan fingerprint density at radius 3 is 2.64 bits per heavy atom. The smallest absolute Gasteiger partial charge is 0.319 e. The van der Waals surface area contributed by atoms with Gasteiger partial charge in [-0.3, -0.25) is 19.8 Å². The Kier molecular flexibility index (Phi) is 5.73. The predicted octanol–water partition coefficient (Wildman–Crippen LogP) is 2.59. The Bertz CT molecular complexity index is 895. The molecule has 2 heterocycles. The normalized spacial score (nSPS) is 19.0. The average Bonchev–Trinajstić information content (AvgIpc) is 3.19. The van der Waals surface area contributed by atoms with Gasteiger partial charge in [0.25, 0.3) is 5.91 Å². The van der Waals surface area contributed by atoms with Crippen LogP contribution in [0.3, 0.4) is 0 Å². The Labute approximate surface area is 167 Å². The van der Waals surface area contributed by atoms with E-state index >= 15 is 0 Å². The Morgan fingerprint density at radius 1 is 1.25 bits per heavy atom. The van der Waals surface area contributed by atoms with Gasteiger partial charge in [-0.1, -0.05) is 54.5 Å². The Morgan fingerprint density at radius 2 is 1.96 bits per heavy atom. The van der Waals surface area contributed by atoms with Crippen LogP contribution in [0.5, 0.6) is 0 Å². The highest BCUT2D eigenvalue weighted by molar-refractivity contribution is 7.15. The van der Waals surface area contributed by atoms with Crippen LogP contribution in [0.2, 0.25) is 0 Å². The maximum Gasteiger partial charge on any atom is 0.325 e. The van der Waals surface area contributed by atoms with Gasteiger partial charge in [-0.25, -0.2) is 4.79 Å². The van der Waals surface area contributed by atoms with E-state index in [4.69, 9.17) is 0 Å². The van der Waals surface area contributed by atoms with Crippen LogP contribution >= 0.6 is 11.3 Å². The number of aryl methyl sites for hydroxylation is 2. The maximum atomic E-state index is 12.9. The number of nitrogens with zero attached hydrogens (tertiary/aromatic N) is 3. The zero-order chi connectivity index (χ0) is 20.3. The molecule has 1 fully saturated rings. The summed E-state index contributed by atoms with van der Waals surface area (Å²) in [6, 6.07) is 6.76. The molecule has 28 heavy (non-hydrogen) atoms. The summed E-state index contributed by atoms with van der Waals surface area (Å²) in [5.41, 5.74) is 0.529. The number of rotatable bonds is 7. The lowest BCUT2D eigenvalue weighted by Crippen LogP contribution is -2.42. The largest absolute Gasteiger partial charge is 0.325 e. The van der Waals surface area contributed by atoms with E-state index in [0.717, 1.165) is 34.7 Å². The molecular formula is C19H23N5O3S. The standard InChI is InChI=1S/C19H23N5O3S/c1-4-5-6-15-22-23-17(28-15)20-14(25)11-24-16(26)19(3,21-18(24)27)13-9-7-12(2)8-10-13/h7-10H,4-6,11H2,1-3H3,(H,21,27)(H,20,23,25)/t19-/m0/s1. The number of amides is 4. The molecule has 0 radical (unpaired) electrons. The van der Waals surface area contributed by atoms with Gasteiger partial charge in [0, 0.05) is 6.42 Å². The van der Waals surface area contributed by atoms with Gasteiger partial charge in [0.05, 0.1) is 0 Å². The highest BCUT2D eigenvalue weighted by atomic mass is 32.1. The minimum Gasteiger partial charge on any atom is -0.319 e. The van der Waals surface area contributed by atoms with E-state index in [-0.39, 0.29) is 6.54 Å². The van der Waals surface area contributed by atoms with Crippen molar-refractivity contribution >= 4 is 34.3 Å². The van der Waals surface area contributed by atoms with Crippen LogP contribution in [0, 0.1) is 6.92 Å². The topological polar surface area (TPSA) is 104 Å². The number of carbonyl (C=O) groups excluding carboxylic acids is 3. The summed E-state index contributed by atoms with van der Waals surface area (Å²) < 4.78 is 0. The van der Waals surface area contributed by atoms with Crippen molar-refractivity contribution in [1.82, 2.24) is 20.4 Å². The molecule has 1 aromatic carbocycles. The lowest BCUT2D eigenvalue weighted by atomic mass is 9.91. The zero-order valence-corrected chi connectivity index (χ0v) is 16.9. The molecule has 1 aliphatic rings. The maximum absolute atomic E-state index is 12.9. The lowest BCUT2D eigenvalue weighted by molar-refractivity contribution is -0.133. The minimum atomic E-state index is -1.19. The van der Waals surface area contributed by atoms with Crippen LogP contribution in [-0.2, 0) is 21.5 Å². The van der Waals surface area contributed by atoms with Gasteiger partial charge >= 0.3 is 6.03 Å². The molecule has 148 valence electrons. The summed E-state index contributed by atoms with van der Waals surface area (Å²) in [4.78, 5) is 38.5. The number of benzene rings is 1. The van der Waals surface area contributed by atoms with Crippen molar-refractivity contribution in [2.45, 2.75) is 45.6 Å². The fourth-order valence-corrected chi connectivity index (χ4v) is 3.76. The van der Waals surface area contributed by atoms with Gasteiger partial charge in [0.2, 0.25) is 11.0 Å². The lowest BCUT2D eigenvalue weighted by Gasteiger charge is -2.22. The van der Waals surface area contributed by atoms with Crippen molar-refractivity contribution in [1.29, 1.82) is 0 Å². The molecule has 0 bridgehead atoms. The second-order valence-electron chi connectivity index (χ2n) is 6.97. The first-order valence-electron chi connectivity index (χ1n) is 9.17. The first-order valence-corrected chi connectivity index (χ1v) is 9.98. The molecule has 4 amide bonds. The molecule has 9 heteroatoms. The predicted molar refractivity (Wildman–Crippen MR) is 106 cm³/mol. The number of anilines is 1. The molecule has 1 saturated heterocycles. The monoisotopic (exact) mass is 401 g/mol. The van der Waals surface area contributed by atoms with E-state index in [0.29, 0.717) is 10.7 Å². The van der Waals surface area contributed by atoms with Gasteiger partial charge in [-0.05, 0) is 25.8 Å². The number of unbranched alkanes of at least 4 members (excludes halogenated alkanes) is 1. The van der Waals surface area contributed by atoms with Crippen molar-refractivity contribution in [3.05, 3.63) is 40.4 Å². The number of aromatic nitrogens is 2. The third kappa shape index (κ3) is 4.04. The van der Waals surface area contributed by atoms with Gasteiger partial charge in [0.15, 0.2) is 0 Å². The third-order valence-electron chi connectivity index (χ3n) is 4.66. The van der Waals surface area contributed by atoms with Crippen molar-refractivity contribution < 1.29 is 14.4 Å². The van der Waals surface area contributed by atoms with Gasteiger partial charge in [-0.15, -0.1) is 10.2 Å². The second-order valence-corrected chi connectivity index (χ2v) is 8.03. The molecule has 0 saturated carbocycles. The quantitative estimate of drug-likeness (QED) is 0.694. The van der Waals surface area contributed by atoms with Crippen molar-refractivity contribution in [2.24, 2.45) is 0 Å². The molecule has 0 aliphatic carbocycles. The molecule has 3 rings (SSSR count). The number of imide groups is 1. The van der Waals surface area contributed by atoms with E-state index in [1.54, 1.807) is 19.1 Å². The van der Waals surface area contributed by atoms with E-state index in [9.17, 15) is 14.4 Å². The van der Waals surface area contributed by atoms with Crippen LogP contribution < -0.4 is 10.6 Å². The first kappa shape index (κ1) is 19.9. The van der Waals surface area contributed by atoms with Crippen LogP contribution in [0.1, 0.15) is 42.8 Å². The summed E-state index contributed by atoms with van der Waals surface area (Å²) in [6.45, 7) is 5.29. The summed E-state index contributed by atoms with van der Waals surface area (Å²) in [5.74, 6) is -0.952. The highest BCUT2D eigenvalue weighted by Crippen LogP contribution is 2.29. The van der Waals surface area contributed by atoms with Crippen LogP contribution in [0.25, 0.3) is 0 Å². The number of urea groups is 1. The second kappa shape index (κ2) is 8.05. The van der Waals surface area contributed by atoms with Gasteiger partial charge in [0.1, 0.15) is 17.1 Å². The highest BCUT2D eigenvalue weighted by Gasteiger charge is 2.49. The number of hydrogen-bond donors (Lipinski definition) is 2. The molecule has 2 aromatic rings. The number of carbonyl (C=O) groups is 3. The molecule has 1 aromatic heterocycles. The summed E-state index contributed by atoms with van der Waals surface area (Å²) in [6.07, 6.45) is 2.86. The van der Waals surface area contributed by atoms with E-state index in [1.807, 2.05) is 19.1 Å². The Hall–Kier alpha value is -2.81. The number of hydrogen-bond acceptors (Lipinski definition) is 6. The third-order valence-corrected chi connectivity index (χ3v) is 5.56. The van der Waals surface area contributed by atoms with Crippen molar-refractivity contribution in [3.8, 4) is 0 Å². The van der Waals surface area contributed by atoms with Crippen LogP contribution in [0.4, 0.5) is 9.93 Å². The molecule has 8 nitrogen and oxygen atoms in total. The molecular weight excluding hydrogens is 378 g/mol. The van der Waals surface area contributed by atoms with E-state index in [2.05, 4.69) is 27.8 Å². The van der Waals surface area contributed by atoms with E-state index in [1.165, 1.54) is 11.3 Å². The molecule has 2 N–H and O–H groups in total. The SMILES string of the molecule is CCCCc1nnc(NC(=O)CN2C(=O)N[C@@](C)(c3ccc(C)cc3)C2=O)s1. The summed E-state index contributed by atoms with van der Waals surface area (Å²) >= 11 is 1.30. The van der Waals surface area contributed by atoms with Crippen molar-refractivity contribution in [3.63, 3.8) is 0 Å². The van der Waals surface area contributed by atoms with Gasteiger partial charge in [-0.2, -0.15) is 0 Å². The van der Waals surface area contributed by atoms with Crippen molar-refractivity contribution in [2.75, 3.05) is 11.9 Å². The average molecular weight is 401 g/mol. The van der Waals surface area contributed by atoms with Gasteiger partial charge < -0.3 is 5.32 Å². The number of nitrogens with one attached hydrogen (secondary N) is 2. The minimum absolute atomic E-state index is 0.365. The summed E-state index contributed by atoms with van der Waals surface area (Å²) in [7, 11) is 0. The van der Waals surface area contributed by atoms with Crippen LogP contribution in [0.15, 0.2) is 24.3 Å². The van der Waals surface area contributed by atoms with E-state index < -0.39 is 23.4 Å². The molecule has 0 spiro atoms. The zero-order valence-electron chi connectivity index (χ0n) is 16.1. The first-order chi connectivity index (χ1) is 13.3.